The molecule has 1 aliphatic rings. The molecule has 0 atom stereocenters. The van der Waals surface area contributed by atoms with Crippen molar-refractivity contribution in [1.29, 1.82) is 0 Å². The predicted molar refractivity (Wildman–Crippen MR) is 84.6 cm³/mol. The molecule has 0 saturated heterocycles. The lowest BCUT2D eigenvalue weighted by molar-refractivity contribution is -0.134. The van der Waals surface area contributed by atoms with Gasteiger partial charge in [-0.05, 0) is 30.5 Å². The highest BCUT2D eigenvalue weighted by molar-refractivity contribution is 5.78. The molecule has 1 amide bonds. The van der Waals surface area contributed by atoms with Crippen molar-refractivity contribution >= 4 is 5.91 Å². The summed E-state index contributed by atoms with van der Waals surface area (Å²) in [7, 11) is 0. The van der Waals surface area contributed by atoms with Crippen molar-refractivity contribution in [2.24, 2.45) is 0 Å². The molecular weight excluding hydrogens is 294 g/mol. The average Bonchev–Trinajstić information content (AvgIpc) is 2.99. The molecule has 2 heterocycles. The van der Waals surface area contributed by atoms with Gasteiger partial charge in [0.2, 0.25) is 5.91 Å². The molecule has 0 spiro atoms. The fourth-order valence-electron chi connectivity index (χ4n) is 3.13. The van der Waals surface area contributed by atoms with Crippen molar-refractivity contribution in [2.75, 3.05) is 0 Å². The lowest BCUT2D eigenvalue weighted by atomic mass is 9.93. The monoisotopic (exact) mass is 315 g/mol. The molecule has 0 aliphatic heterocycles. The van der Waals surface area contributed by atoms with Crippen LogP contribution < -0.4 is 5.69 Å². The van der Waals surface area contributed by atoms with Crippen LogP contribution in [-0.2, 0) is 17.8 Å². The van der Waals surface area contributed by atoms with Crippen LogP contribution in [0.4, 0.5) is 0 Å². The second kappa shape index (κ2) is 7.21. The van der Waals surface area contributed by atoms with Crippen LogP contribution in [0.25, 0.3) is 0 Å². The zero-order valence-corrected chi connectivity index (χ0v) is 13.0. The molecule has 0 radical (unpaired) electrons. The molecule has 1 aliphatic carbocycles. The summed E-state index contributed by atoms with van der Waals surface area (Å²) in [6.45, 7) is 0.570. The van der Waals surface area contributed by atoms with Crippen molar-refractivity contribution in [3.05, 3.63) is 46.4 Å². The maximum absolute atomic E-state index is 12.8. The van der Waals surface area contributed by atoms with Gasteiger partial charge in [0.1, 0.15) is 5.82 Å². The molecule has 7 heteroatoms. The quantitative estimate of drug-likeness (QED) is 0.872. The summed E-state index contributed by atoms with van der Waals surface area (Å²) in [6.07, 6.45) is 9.21. The maximum Gasteiger partial charge on any atom is 0.340 e. The van der Waals surface area contributed by atoms with Crippen LogP contribution in [0.3, 0.4) is 0 Å². The van der Waals surface area contributed by atoms with Crippen LogP contribution in [0.5, 0.6) is 0 Å². The molecule has 2 aromatic rings. The third-order valence-electron chi connectivity index (χ3n) is 4.31. The highest BCUT2D eigenvalue weighted by atomic mass is 16.2. The van der Waals surface area contributed by atoms with Gasteiger partial charge < -0.3 is 4.90 Å². The van der Waals surface area contributed by atoms with Crippen molar-refractivity contribution in [2.45, 2.75) is 51.1 Å². The minimum Gasteiger partial charge on any atom is -0.335 e. The van der Waals surface area contributed by atoms with E-state index >= 15 is 0 Å². The Hall–Kier alpha value is -2.44. The first-order valence-corrected chi connectivity index (χ1v) is 8.04. The first-order valence-electron chi connectivity index (χ1n) is 8.04. The summed E-state index contributed by atoms with van der Waals surface area (Å²) >= 11 is 0. The van der Waals surface area contributed by atoms with Crippen molar-refractivity contribution in [3.8, 4) is 0 Å². The first-order chi connectivity index (χ1) is 11.2. The van der Waals surface area contributed by atoms with E-state index in [9.17, 15) is 9.59 Å². The second-order valence-electron chi connectivity index (χ2n) is 5.97. The Balaban J connectivity index is 1.75. The minimum atomic E-state index is -0.383. The van der Waals surface area contributed by atoms with E-state index < -0.39 is 0 Å². The van der Waals surface area contributed by atoms with E-state index in [-0.39, 0.29) is 24.1 Å². The summed E-state index contributed by atoms with van der Waals surface area (Å²) < 4.78 is 0. The molecule has 23 heavy (non-hydrogen) atoms. The minimum absolute atomic E-state index is 0.00328. The number of aromatic amines is 2. The van der Waals surface area contributed by atoms with Gasteiger partial charge in [-0.15, -0.1) is 0 Å². The first kappa shape index (κ1) is 15.5. The molecule has 0 unspecified atom stereocenters. The largest absolute Gasteiger partial charge is 0.340 e. The molecule has 1 fully saturated rings. The summed E-state index contributed by atoms with van der Waals surface area (Å²) in [5.74, 6) is 0.381. The number of H-pyrrole nitrogens is 2. The maximum atomic E-state index is 12.8. The van der Waals surface area contributed by atoms with E-state index in [0.717, 1.165) is 31.2 Å². The van der Waals surface area contributed by atoms with Gasteiger partial charge in [-0.3, -0.25) is 14.8 Å². The molecule has 7 nitrogen and oxygen atoms in total. The Morgan fingerprint density at radius 2 is 1.96 bits per heavy atom. The summed E-state index contributed by atoms with van der Waals surface area (Å²) in [5.41, 5.74) is 0.681. The lowest BCUT2D eigenvalue weighted by Gasteiger charge is -2.34. The smallest absolute Gasteiger partial charge is 0.335 e. The molecule has 2 N–H and O–H groups in total. The molecule has 122 valence electrons. The molecule has 0 aromatic carbocycles. The fourth-order valence-corrected chi connectivity index (χ4v) is 3.13. The van der Waals surface area contributed by atoms with Gasteiger partial charge in [0.25, 0.3) is 0 Å². The molecule has 1 saturated carbocycles. The number of hydrogen-bond acceptors (Lipinski definition) is 4. The topological polar surface area (TPSA) is 94.7 Å². The van der Waals surface area contributed by atoms with Gasteiger partial charge in [-0.25, -0.2) is 9.89 Å². The number of hydrogen-bond donors (Lipinski definition) is 2. The number of rotatable bonds is 5. The standard InChI is InChI=1S/C16H21N5O2/c22-15(10-14-18-16(23)20-19-14)21(13-4-2-1-3-5-13)11-12-6-8-17-9-7-12/h6-9,13H,1-5,10-11H2,(H2,18,19,20,23). The van der Waals surface area contributed by atoms with Crippen molar-refractivity contribution in [1.82, 2.24) is 25.1 Å². The van der Waals surface area contributed by atoms with Crippen molar-refractivity contribution in [3.63, 3.8) is 0 Å². The number of nitrogens with one attached hydrogen (secondary N) is 2. The normalized spacial score (nSPS) is 15.5. The SMILES string of the molecule is O=C(Cc1n[nH]c(=O)[nH]1)N(Cc1ccncc1)C1CCCCC1. The number of amides is 1. The van der Waals surface area contributed by atoms with Gasteiger partial charge in [-0.2, -0.15) is 5.10 Å². The number of carbonyl (C=O) groups excluding carboxylic acids is 1. The van der Waals surface area contributed by atoms with Crippen LogP contribution in [0.15, 0.2) is 29.3 Å². The van der Waals surface area contributed by atoms with Crippen LogP contribution >= 0.6 is 0 Å². The Labute approximate surface area is 134 Å². The molecular formula is C16H21N5O2. The van der Waals surface area contributed by atoms with Crippen LogP contribution in [0.2, 0.25) is 0 Å². The van der Waals surface area contributed by atoms with Gasteiger partial charge in [0, 0.05) is 25.0 Å². The highest BCUT2D eigenvalue weighted by Gasteiger charge is 2.26. The second-order valence-corrected chi connectivity index (χ2v) is 5.97. The van der Waals surface area contributed by atoms with E-state index in [2.05, 4.69) is 20.2 Å². The number of carbonyl (C=O) groups is 1. The van der Waals surface area contributed by atoms with E-state index in [1.807, 2.05) is 17.0 Å². The van der Waals surface area contributed by atoms with Crippen LogP contribution in [0, 0.1) is 0 Å². The van der Waals surface area contributed by atoms with Crippen LogP contribution in [0.1, 0.15) is 43.5 Å². The lowest BCUT2D eigenvalue weighted by Crippen LogP contribution is -2.42. The van der Waals surface area contributed by atoms with E-state index in [0.29, 0.717) is 12.4 Å². The molecule has 0 bridgehead atoms. The van der Waals surface area contributed by atoms with Gasteiger partial charge in [-0.1, -0.05) is 19.3 Å². The fraction of sp³-hybridized carbons (Fsp3) is 0.500. The van der Waals surface area contributed by atoms with E-state index in [1.165, 1.54) is 6.42 Å². The molecule has 3 rings (SSSR count). The third-order valence-corrected chi connectivity index (χ3v) is 4.31. The Morgan fingerprint density at radius 3 is 2.61 bits per heavy atom. The predicted octanol–water partition coefficient (Wildman–Crippen LogP) is 1.40. The number of aromatic nitrogens is 4. The molecule has 2 aromatic heterocycles. The van der Waals surface area contributed by atoms with E-state index in [1.54, 1.807) is 12.4 Å². The van der Waals surface area contributed by atoms with Crippen molar-refractivity contribution < 1.29 is 4.79 Å². The number of nitrogens with zero attached hydrogens (tertiary/aromatic N) is 3. The van der Waals surface area contributed by atoms with E-state index in [4.69, 9.17) is 0 Å². The summed E-state index contributed by atoms with van der Waals surface area (Å²) in [4.78, 5) is 32.4. The Bertz CT molecular complexity index is 688. The van der Waals surface area contributed by atoms with Gasteiger partial charge in [0.05, 0.1) is 6.42 Å². The summed E-state index contributed by atoms with van der Waals surface area (Å²) in [6, 6.07) is 4.12. The zero-order chi connectivity index (χ0) is 16.1. The van der Waals surface area contributed by atoms with Gasteiger partial charge in [0.15, 0.2) is 0 Å². The van der Waals surface area contributed by atoms with Gasteiger partial charge >= 0.3 is 5.69 Å². The number of pyridine rings is 1. The summed E-state index contributed by atoms with van der Waals surface area (Å²) in [5, 5.41) is 6.14. The Kier molecular flexibility index (Phi) is 4.85. The zero-order valence-electron chi connectivity index (χ0n) is 13.0. The third kappa shape index (κ3) is 4.06. The Morgan fingerprint density at radius 1 is 1.22 bits per heavy atom. The van der Waals surface area contributed by atoms with Crippen LogP contribution in [-0.4, -0.2) is 37.0 Å². The highest BCUT2D eigenvalue weighted by Crippen LogP contribution is 2.24. The average molecular weight is 315 g/mol.